The molecule has 0 saturated heterocycles. The number of ether oxygens (including phenoxy) is 2. The Hall–Kier alpha value is -3.93. The van der Waals surface area contributed by atoms with Crippen LogP contribution in [0.15, 0.2) is 57.9 Å². The third kappa shape index (κ3) is 6.07. The molecule has 0 unspecified atom stereocenters. The summed E-state index contributed by atoms with van der Waals surface area (Å²) in [5.74, 6) is -1.15. The van der Waals surface area contributed by atoms with E-state index in [1.165, 1.54) is 32.4 Å². The fourth-order valence-electron chi connectivity index (χ4n) is 2.79. The van der Waals surface area contributed by atoms with Crippen molar-refractivity contribution >= 4 is 21.7 Å². The predicted octanol–water partition coefficient (Wildman–Crippen LogP) is 1.22. The van der Waals surface area contributed by atoms with Gasteiger partial charge in [0, 0.05) is 18.7 Å². The first kappa shape index (κ1) is 23.7. The van der Waals surface area contributed by atoms with E-state index >= 15 is 0 Å². The van der Waals surface area contributed by atoms with Crippen LogP contribution in [0.25, 0.3) is 0 Å². The summed E-state index contributed by atoms with van der Waals surface area (Å²) < 4.78 is 39.9. The minimum Gasteiger partial charge on any atom is -0.493 e. The van der Waals surface area contributed by atoms with Crippen LogP contribution in [0.1, 0.15) is 26.9 Å². The van der Waals surface area contributed by atoms with Gasteiger partial charge in [-0.25, -0.2) is 8.42 Å². The van der Waals surface area contributed by atoms with E-state index in [0.717, 1.165) is 0 Å². The van der Waals surface area contributed by atoms with E-state index in [1.54, 1.807) is 30.3 Å². The van der Waals surface area contributed by atoms with Crippen LogP contribution >= 0.6 is 0 Å². The van der Waals surface area contributed by atoms with Crippen LogP contribution in [0, 0.1) is 0 Å². The summed E-state index contributed by atoms with van der Waals surface area (Å²) >= 11 is 0. The maximum absolute atomic E-state index is 12.4. The maximum Gasteiger partial charge on any atom is 0.315 e. The number of sulfone groups is 1. The molecule has 0 bridgehead atoms. The lowest BCUT2D eigenvalue weighted by molar-refractivity contribution is 0.0898. The van der Waals surface area contributed by atoms with E-state index in [1.807, 2.05) is 0 Å². The molecule has 0 saturated carbocycles. The molecule has 3 rings (SSSR count). The molecule has 2 aromatic carbocycles. The highest BCUT2D eigenvalue weighted by Crippen LogP contribution is 2.27. The summed E-state index contributed by atoms with van der Waals surface area (Å²) in [6, 6.07) is 12.6. The number of rotatable bonds is 10. The number of methoxy groups -OCH3 is 2. The Morgan fingerprint density at radius 1 is 0.939 bits per heavy atom. The SMILES string of the molecule is COc1ccc(C(=O)NCCNC(=O)c2nc(CS(=O)(=O)c3ccccc3)no2)cc1OC. The number of hydrogen-bond acceptors (Lipinski definition) is 9. The Kier molecular flexibility index (Phi) is 7.61. The van der Waals surface area contributed by atoms with Crippen LogP contribution in [0.4, 0.5) is 0 Å². The van der Waals surface area contributed by atoms with Crippen molar-refractivity contribution in [3.05, 3.63) is 65.8 Å². The lowest BCUT2D eigenvalue weighted by Gasteiger charge is -2.10. The number of amides is 2. The van der Waals surface area contributed by atoms with Crippen molar-refractivity contribution in [2.75, 3.05) is 27.3 Å². The molecule has 0 aliphatic rings. The van der Waals surface area contributed by atoms with Crippen LogP contribution < -0.4 is 20.1 Å². The van der Waals surface area contributed by atoms with Gasteiger partial charge in [0.25, 0.3) is 5.91 Å². The van der Waals surface area contributed by atoms with Gasteiger partial charge in [-0.3, -0.25) is 9.59 Å². The predicted molar refractivity (Wildman–Crippen MR) is 116 cm³/mol. The van der Waals surface area contributed by atoms with Gasteiger partial charge < -0.3 is 24.6 Å². The zero-order chi connectivity index (χ0) is 23.8. The first-order valence-corrected chi connectivity index (χ1v) is 11.4. The first-order chi connectivity index (χ1) is 15.8. The third-order valence-corrected chi connectivity index (χ3v) is 6.05. The van der Waals surface area contributed by atoms with E-state index in [2.05, 4.69) is 20.8 Å². The highest BCUT2D eigenvalue weighted by molar-refractivity contribution is 7.90. The van der Waals surface area contributed by atoms with Crippen molar-refractivity contribution in [3.8, 4) is 11.5 Å². The summed E-state index contributed by atoms with van der Waals surface area (Å²) in [5, 5.41) is 8.72. The number of nitrogens with zero attached hydrogens (tertiary/aromatic N) is 2. The third-order valence-electron chi connectivity index (χ3n) is 4.43. The molecule has 0 radical (unpaired) electrons. The second-order valence-corrected chi connectivity index (χ2v) is 8.66. The van der Waals surface area contributed by atoms with E-state index in [0.29, 0.717) is 17.1 Å². The number of carbonyl (C=O) groups excluding carboxylic acids is 2. The van der Waals surface area contributed by atoms with Crippen molar-refractivity contribution in [1.29, 1.82) is 0 Å². The quantitative estimate of drug-likeness (QED) is 0.413. The lowest BCUT2D eigenvalue weighted by Crippen LogP contribution is -2.34. The molecule has 0 spiro atoms. The zero-order valence-corrected chi connectivity index (χ0v) is 18.7. The Morgan fingerprint density at radius 3 is 2.27 bits per heavy atom. The van der Waals surface area contributed by atoms with Gasteiger partial charge in [0.2, 0.25) is 0 Å². The van der Waals surface area contributed by atoms with E-state index in [-0.39, 0.29) is 35.6 Å². The molecule has 2 N–H and O–H groups in total. The smallest absolute Gasteiger partial charge is 0.315 e. The molecule has 11 nitrogen and oxygen atoms in total. The highest BCUT2D eigenvalue weighted by atomic mass is 32.2. The molecule has 0 atom stereocenters. The summed E-state index contributed by atoms with van der Waals surface area (Å²) in [7, 11) is -0.711. The summed E-state index contributed by atoms with van der Waals surface area (Å²) in [6.45, 7) is 0.209. The van der Waals surface area contributed by atoms with Crippen molar-refractivity contribution in [3.63, 3.8) is 0 Å². The molecular weight excluding hydrogens is 452 g/mol. The van der Waals surface area contributed by atoms with Gasteiger partial charge in [0.15, 0.2) is 27.2 Å². The molecule has 0 fully saturated rings. The topological polar surface area (TPSA) is 150 Å². The summed E-state index contributed by atoms with van der Waals surface area (Å²) in [5.41, 5.74) is 0.361. The Labute approximate surface area is 190 Å². The van der Waals surface area contributed by atoms with Gasteiger partial charge in [-0.2, -0.15) is 4.98 Å². The largest absolute Gasteiger partial charge is 0.493 e. The van der Waals surface area contributed by atoms with E-state index in [9.17, 15) is 18.0 Å². The molecule has 12 heteroatoms. The van der Waals surface area contributed by atoms with Gasteiger partial charge in [0.05, 0.1) is 19.1 Å². The number of aromatic nitrogens is 2. The van der Waals surface area contributed by atoms with Crippen LogP contribution in [-0.2, 0) is 15.6 Å². The molecule has 0 aliphatic carbocycles. The van der Waals surface area contributed by atoms with Crippen LogP contribution in [0.3, 0.4) is 0 Å². The lowest BCUT2D eigenvalue weighted by atomic mass is 10.2. The highest BCUT2D eigenvalue weighted by Gasteiger charge is 2.21. The number of benzene rings is 2. The van der Waals surface area contributed by atoms with Gasteiger partial charge in [-0.05, 0) is 30.3 Å². The Morgan fingerprint density at radius 2 is 1.61 bits per heavy atom. The Balaban J connectivity index is 1.49. The molecule has 174 valence electrons. The minimum absolute atomic E-state index is 0.0812. The summed E-state index contributed by atoms with van der Waals surface area (Å²) in [4.78, 5) is 28.4. The molecule has 33 heavy (non-hydrogen) atoms. The van der Waals surface area contributed by atoms with Crippen molar-refractivity contribution in [1.82, 2.24) is 20.8 Å². The summed E-state index contributed by atoms with van der Waals surface area (Å²) in [6.07, 6.45) is 0. The fraction of sp³-hybridized carbons (Fsp3) is 0.238. The molecule has 1 aromatic heterocycles. The number of hydrogen-bond donors (Lipinski definition) is 2. The van der Waals surface area contributed by atoms with Crippen molar-refractivity contribution in [2.45, 2.75) is 10.6 Å². The van der Waals surface area contributed by atoms with Gasteiger partial charge in [-0.1, -0.05) is 23.4 Å². The van der Waals surface area contributed by atoms with Gasteiger partial charge in [-0.15, -0.1) is 0 Å². The van der Waals surface area contributed by atoms with Gasteiger partial charge in [0.1, 0.15) is 5.75 Å². The minimum atomic E-state index is -3.67. The average Bonchev–Trinajstić information content (AvgIpc) is 3.29. The molecular formula is C21H22N4O7S. The van der Waals surface area contributed by atoms with Crippen LogP contribution in [0.2, 0.25) is 0 Å². The van der Waals surface area contributed by atoms with E-state index in [4.69, 9.17) is 14.0 Å². The number of carbonyl (C=O) groups is 2. The molecule has 2 amide bonds. The number of nitrogens with one attached hydrogen (secondary N) is 2. The normalized spacial score (nSPS) is 11.0. The maximum atomic E-state index is 12.4. The van der Waals surface area contributed by atoms with Crippen molar-refractivity contribution < 1.29 is 32.0 Å². The second kappa shape index (κ2) is 10.6. The van der Waals surface area contributed by atoms with Crippen molar-refractivity contribution in [2.24, 2.45) is 0 Å². The monoisotopic (exact) mass is 474 g/mol. The van der Waals surface area contributed by atoms with Crippen LogP contribution in [0.5, 0.6) is 11.5 Å². The van der Waals surface area contributed by atoms with Crippen LogP contribution in [-0.4, -0.2) is 57.7 Å². The molecule has 1 heterocycles. The first-order valence-electron chi connectivity index (χ1n) is 9.73. The standard InChI is InChI=1S/C21H22N4O7S/c1-30-16-9-8-14(12-17(16)31-2)19(26)22-10-11-23-20(27)21-24-18(25-32-21)13-33(28,29)15-6-4-3-5-7-15/h3-9,12H,10-11,13H2,1-2H3,(H,22,26)(H,23,27). The van der Waals surface area contributed by atoms with Gasteiger partial charge >= 0.3 is 11.8 Å². The molecule has 3 aromatic rings. The fourth-order valence-corrected chi connectivity index (χ4v) is 3.99. The van der Waals surface area contributed by atoms with E-state index < -0.39 is 21.5 Å². The Bertz CT molecular complexity index is 1230. The zero-order valence-electron chi connectivity index (χ0n) is 17.9. The average molecular weight is 474 g/mol. The second-order valence-electron chi connectivity index (χ2n) is 6.67. The molecule has 0 aliphatic heterocycles.